The van der Waals surface area contributed by atoms with Crippen LogP contribution in [-0.2, 0) is 9.84 Å². The summed E-state index contributed by atoms with van der Waals surface area (Å²) in [5, 5.41) is 0. The summed E-state index contributed by atoms with van der Waals surface area (Å²) in [4.78, 5) is 16.8. The highest BCUT2D eigenvalue weighted by atomic mass is 32.2. The average molecular weight is 370 g/mol. The quantitative estimate of drug-likeness (QED) is 0.763. The number of fused-ring (bicyclic) bond motifs is 1. The van der Waals surface area contributed by atoms with Crippen molar-refractivity contribution in [1.82, 2.24) is 0 Å². The van der Waals surface area contributed by atoms with Crippen LogP contribution in [0.2, 0.25) is 0 Å². The fourth-order valence-electron chi connectivity index (χ4n) is 4.10. The van der Waals surface area contributed by atoms with E-state index in [9.17, 15) is 13.2 Å². The molecule has 6 heteroatoms. The van der Waals surface area contributed by atoms with Gasteiger partial charge in [-0.3, -0.25) is 9.80 Å². The van der Waals surface area contributed by atoms with Crippen LogP contribution in [0.25, 0.3) is 0 Å². The molecule has 2 fully saturated rings. The number of carbonyl (C=O) groups excluding carboxylic acids is 1. The topological polar surface area (TPSA) is 57.7 Å². The van der Waals surface area contributed by atoms with E-state index in [0.717, 1.165) is 28.1 Å². The summed E-state index contributed by atoms with van der Waals surface area (Å²) in [6.07, 6.45) is 0. The second-order valence-corrected chi connectivity index (χ2v) is 9.39. The van der Waals surface area contributed by atoms with Crippen molar-refractivity contribution in [2.24, 2.45) is 0 Å². The molecule has 2 saturated heterocycles. The Morgan fingerprint density at radius 1 is 0.808 bits per heavy atom. The molecule has 2 heterocycles. The van der Waals surface area contributed by atoms with Crippen LogP contribution >= 0.6 is 0 Å². The molecule has 0 bridgehead atoms. The van der Waals surface area contributed by atoms with E-state index in [4.69, 9.17) is 0 Å². The third-order valence-electron chi connectivity index (χ3n) is 5.58. The molecule has 2 atom stereocenters. The number of urea groups is 1. The van der Waals surface area contributed by atoms with Crippen molar-refractivity contribution in [2.45, 2.75) is 32.9 Å². The lowest BCUT2D eigenvalue weighted by Crippen LogP contribution is -2.38. The third-order valence-corrected chi connectivity index (χ3v) is 7.28. The third kappa shape index (κ3) is 2.51. The SMILES string of the molecule is Cc1ccccc1N1C(=O)N(c2cccc(C)c2C)C2CS(=O)(=O)CC21. The van der Waals surface area contributed by atoms with Gasteiger partial charge in [-0.25, -0.2) is 13.2 Å². The summed E-state index contributed by atoms with van der Waals surface area (Å²) >= 11 is 0. The minimum atomic E-state index is -3.18. The Morgan fingerprint density at radius 3 is 2.00 bits per heavy atom. The van der Waals surface area contributed by atoms with Gasteiger partial charge in [0.2, 0.25) is 0 Å². The summed E-state index contributed by atoms with van der Waals surface area (Å²) in [5.41, 5.74) is 4.65. The van der Waals surface area contributed by atoms with Crippen LogP contribution in [0.3, 0.4) is 0 Å². The van der Waals surface area contributed by atoms with Crippen LogP contribution in [0.4, 0.5) is 16.2 Å². The molecule has 0 aliphatic carbocycles. The first-order valence-electron chi connectivity index (χ1n) is 8.75. The van der Waals surface area contributed by atoms with E-state index < -0.39 is 9.84 Å². The minimum Gasteiger partial charge on any atom is -0.288 e. The molecule has 2 aromatic carbocycles. The van der Waals surface area contributed by atoms with Gasteiger partial charge in [0.1, 0.15) is 0 Å². The first-order chi connectivity index (χ1) is 12.3. The molecule has 26 heavy (non-hydrogen) atoms. The van der Waals surface area contributed by atoms with Gasteiger partial charge in [-0.15, -0.1) is 0 Å². The molecule has 5 nitrogen and oxygen atoms in total. The van der Waals surface area contributed by atoms with Crippen molar-refractivity contribution in [3.8, 4) is 0 Å². The normalized spacial score (nSPS) is 24.2. The number of hydrogen-bond acceptors (Lipinski definition) is 3. The van der Waals surface area contributed by atoms with Gasteiger partial charge in [0, 0.05) is 11.4 Å². The zero-order valence-corrected chi connectivity index (χ0v) is 16.0. The second-order valence-electron chi connectivity index (χ2n) is 7.24. The number of amides is 2. The van der Waals surface area contributed by atoms with Crippen molar-refractivity contribution in [1.29, 1.82) is 0 Å². The number of benzene rings is 2. The van der Waals surface area contributed by atoms with Gasteiger partial charge in [0.05, 0.1) is 23.6 Å². The fourth-order valence-corrected chi connectivity index (χ4v) is 6.02. The highest BCUT2D eigenvalue weighted by Gasteiger charge is 2.54. The predicted octanol–water partition coefficient (Wildman–Crippen LogP) is 3.22. The Morgan fingerprint density at radius 2 is 1.35 bits per heavy atom. The zero-order chi connectivity index (χ0) is 18.6. The Labute approximate surface area is 154 Å². The lowest BCUT2D eigenvalue weighted by Gasteiger charge is -2.25. The van der Waals surface area contributed by atoms with Crippen molar-refractivity contribution >= 4 is 27.2 Å². The summed E-state index contributed by atoms with van der Waals surface area (Å²) in [6, 6.07) is 12.6. The molecule has 2 amide bonds. The molecule has 0 spiro atoms. The van der Waals surface area contributed by atoms with Crippen LogP contribution < -0.4 is 9.80 Å². The van der Waals surface area contributed by atoms with E-state index in [0.29, 0.717) is 0 Å². The van der Waals surface area contributed by atoms with Crippen molar-refractivity contribution in [3.63, 3.8) is 0 Å². The molecule has 4 rings (SSSR count). The summed E-state index contributed by atoms with van der Waals surface area (Å²) < 4.78 is 24.8. The standard InChI is InChI=1S/C20H22N2O3S/c1-13-8-6-10-17(15(13)3)22-19-12-26(24,25)11-18(19)21(20(22)23)16-9-5-4-7-14(16)2/h4-10,18-19H,11-12H2,1-3H3. The molecule has 0 radical (unpaired) electrons. The number of rotatable bonds is 2. The minimum absolute atomic E-state index is 0.0130. The molecular formula is C20H22N2O3S. The largest absolute Gasteiger partial charge is 0.329 e. The van der Waals surface area contributed by atoms with E-state index in [1.807, 2.05) is 63.2 Å². The van der Waals surface area contributed by atoms with Crippen LogP contribution in [0.1, 0.15) is 16.7 Å². The first-order valence-corrected chi connectivity index (χ1v) is 10.6. The average Bonchev–Trinajstić information content (AvgIpc) is 3.00. The Balaban J connectivity index is 1.87. The maximum atomic E-state index is 13.4. The molecule has 136 valence electrons. The summed E-state index contributed by atoms with van der Waals surface area (Å²) in [7, 11) is -3.18. The van der Waals surface area contributed by atoms with Gasteiger partial charge in [-0.2, -0.15) is 0 Å². The van der Waals surface area contributed by atoms with Gasteiger partial charge >= 0.3 is 6.03 Å². The summed E-state index contributed by atoms with van der Waals surface area (Å²) in [5.74, 6) is 0.0261. The number of anilines is 2. The number of para-hydroxylation sites is 1. The summed E-state index contributed by atoms with van der Waals surface area (Å²) in [6.45, 7) is 5.93. The van der Waals surface area contributed by atoms with E-state index in [2.05, 4.69) is 0 Å². The fraction of sp³-hybridized carbons (Fsp3) is 0.350. The van der Waals surface area contributed by atoms with E-state index in [1.54, 1.807) is 9.80 Å². The maximum absolute atomic E-state index is 13.4. The lowest BCUT2D eigenvalue weighted by molar-refractivity contribution is 0.255. The molecule has 2 aromatic rings. The van der Waals surface area contributed by atoms with Crippen LogP contribution in [0.15, 0.2) is 42.5 Å². The van der Waals surface area contributed by atoms with Crippen LogP contribution in [0, 0.1) is 20.8 Å². The van der Waals surface area contributed by atoms with Crippen molar-refractivity contribution < 1.29 is 13.2 Å². The molecule has 2 aliphatic heterocycles. The number of nitrogens with zero attached hydrogens (tertiary/aromatic N) is 2. The number of hydrogen-bond donors (Lipinski definition) is 0. The first kappa shape index (κ1) is 17.1. The van der Waals surface area contributed by atoms with E-state index in [1.165, 1.54) is 0 Å². The van der Waals surface area contributed by atoms with E-state index >= 15 is 0 Å². The Kier molecular flexibility index (Phi) is 3.84. The van der Waals surface area contributed by atoms with Crippen LogP contribution in [-0.4, -0.2) is 38.0 Å². The molecular weight excluding hydrogens is 348 g/mol. The monoisotopic (exact) mass is 370 g/mol. The molecule has 0 saturated carbocycles. The van der Waals surface area contributed by atoms with Gasteiger partial charge in [-0.05, 0) is 49.6 Å². The lowest BCUT2D eigenvalue weighted by atomic mass is 10.1. The molecule has 2 unspecified atom stereocenters. The van der Waals surface area contributed by atoms with Gasteiger partial charge in [-0.1, -0.05) is 30.3 Å². The number of aryl methyl sites for hydroxylation is 2. The maximum Gasteiger partial charge on any atom is 0.329 e. The molecule has 0 N–H and O–H groups in total. The highest BCUT2D eigenvalue weighted by Crippen LogP contribution is 2.40. The second kappa shape index (κ2) is 5.84. The number of carbonyl (C=O) groups is 1. The highest BCUT2D eigenvalue weighted by molar-refractivity contribution is 7.91. The molecule has 2 aliphatic rings. The zero-order valence-electron chi connectivity index (χ0n) is 15.1. The number of sulfone groups is 1. The van der Waals surface area contributed by atoms with E-state index in [-0.39, 0.29) is 29.6 Å². The predicted molar refractivity (Wildman–Crippen MR) is 104 cm³/mol. The van der Waals surface area contributed by atoms with Gasteiger partial charge in [0.15, 0.2) is 9.84 Å². The molecule has 0 aromatic heterocycles. The van der Waals surface area contributed by atoms with Gasteiger partial charge < -0.3 is 0 Å². The Hall–Kier alpha value is -2.34. The van der Waals surface area contributed by atoms with Crippen molar-refractivity contribution in [3.05, 3.63) is 59.2 Å². The Bertz CT molecular complexity index is 1000. The van der Waals surface area contributed by atoms with Gasteiger partial charge in [0.25, 0.3) is 0 Å². The van der Waals surface area contributed by atoms with Crippen molar-refractivity contribution in [2.75, 3.05) is 21.3 Å². The smallest absolute Gasteiger partial charge is 0.288 e. The van der Waals surface area contributed by atoms with Crippen LogP contribution in [0.5, 0.6) is 0 Å².